The van der Waals surface area contributed by atoms with Gasteiger partial charge in [-0.3, -0.25) is 0 Å². The number of aliphatic hydroxyl groups excluding tert-OH is 1. The van der Waals surface area contributed by atoms with Gasteiger partial charge in [-0.1, -0.05) is 6.92 Å². The molecule has 1 aliphatic heterocycles. The van der Waals surface area contributed by atoms with E-state index >= 15 is 0 Å². The number of esters is 1. The van der Waals surface area contributed by atoms with Crippen LogP contribution in [-0.4, -0.2) is 34.5 Å². The van der Waals surface area contributed by atoms with Crippen LogP contribution in [0, 0.1) is 45.8 Å². The zero-order valence-corrected chi connectivity index (χ0v) is 16.7. The van der Waals surface area contributed by atoms with Crippen molar-refractivity contribution >= 4 is 5.97 Å². The number of nitrogens with zero attached hydrogens (tertiary/aromatic N) is 1. The van der Waals surface area contributed by atoms with Crippen LogP contribution in [-0.2, 0) is 9.53 Å². The average Bonchev–Trinajstić information content (AvgIpc) is 3.22. The highest BCUT2D eigenvalue weighted by atomic mass is 16.5. The van der Waals surface area contributed by atoms with Crippen LogP contribution in [0.2, 0.25) is 0 Å². The van der Waals surface area contributed by atoms with Gasteiger partial charge in [0.05, 0.1) is 23.2 Å². The van der Waals surface area contributed by atoms with Gasteiger partial charge in [0.2, 0.25) is 0 Å². The van der Waals surface area contributed by atoms with Crippen molar-refractivity contribution in [2.24, 2.45) is 34.5 Å². The number of aliphatic hydroxyl groups is 2. The molecule has 0 aromatic carbocycles. The number of carbonyl (C=O) groups excluding carboxylic acids is 1. The van der Waals surface area contributed by atoms with Crippen molar-refractivity contribution < 1.29 is 19.7 Å². The maximum Gasteiger partial charge on any atom is 0.331 e. The number of rotatable bonds is 1. The average molecular weight is 386 g/mol. The van der Waals surface area contributed by atoms with Crippen molar-refractivity contribution in [3.8, 4) is 6.07 Å². The van der Waals surface area contributed by atoms with Gasteiger partial charge in [-0.15, -0.1) is 0 Å². The highest BCUT2D eigenvalue weighted by Crippen LogP contribution is 2.69. The van der Waals surface area contributed by atoms with E-state index in [2.05, 4.69) is 13.0 Å². The Morgan fingerprint density at radius 3 is 2.68 bits per heavy atom. The van der Waals surface area contributed by atoms with E-state index in [1.54, 1.807) is 6.08 Å². The summed E-state index contributed by atoms with van der Waals surface area (Å²) in [5, 5.41) is 32.5. The number of fused-ring (bicyclic) bond motifs is 5. The van der Waals surface area contributed by atoms with Crippen molar-refractivity contribution in [3.05, 3.63) is 11.6 Å². The Kier molecular flexibility index (Phi) is 4.03. The van der Waals surface area contributed by atoms with Crippen LogP contribution in [0.15, 0.2) is 11.6 Å². The highest BCUT2D eigenvalue weighted by molar-refractivity contribution is 5.85. The van der Waals surface area contributed by atoms with Crippen molar-refractivity contribution in [3.63, 3.8) is 0 Å². The number of nitriles is 1. The maximum absolute atomic E-state index is 12.1. The van der Waals surface area contributed by atoms with Gasteiger partial charge in [-0.05, 0) is 87.0 Å². The van der Waals surface area contributed by atoms with Gasteiger partial charge in [-0.2, -0.15) is 5.26 Å². The standard InChI is InChI=1S/C23H31NO4/c1-21-7-5-18-19(3-2-15-11-16(25)4-8-22(15,18)13-24)23(21,27)9-6-17(21)14-10-20(26)28-12-14/h10,15-19,25,27H,2-9,11-12H2,1H3/t15-,16+,17-,18+,19-,21-,22-,23+/m1/s1. The van der Waals surface area contributed by atoms with Crippen molar-refractivity contribution in [2.75, 3.05) is 6.61 Å². The van der Waals surface area contributed by atoms with Crippen LogP contribution in [0.4, 0.5) is 0 Å². The molecule has 0 spiro atoms. The Balaban J connectivity index is 1.49. The molecule has 5 rings (SSSR count). The van der Waals surface area contributed by atoms with Gasteiger partial charge >= 0.3 is 5.97 Å². The van der Waals surface area contributed by atoms with E-state index in [1.807, 2.05) is 0 Å². The quantitative estimate of drug-likeness (QED) is 0.677. The van der Waals surface area contributed by atoms with E-state index in [9.17, 15) is 20.3 Å². The molecule has 0 aromatic rings. The number of cyclic esters (lactones) is 1. The molecule has 8 atom stereocenters. The monoisotopic (exact) mass is 385 g/mol. The predicted molar refractivity (Wildman–Crippen MR) is 102 cm³/mol. The van der Waals surface area contributed by atoms with Crippen LogP contribution < -0.4 is 0 Å². The summed E-state index contributed by atoms with van der Waals surface area (Å²) in [6.45, 7) is 2.58. The first-order valence-corrected chi connectivity index (χ1v) is 11.0. The summed E-state index contributed by atoms with van der Waals surface area (Å²) in [5.74, 6) is 0.550. The molecule has 5 nitrogen and oxygen atoms in total. The minimum Gasteiger partial charge on any atom is -0.458 e. The van der Waals surface area contributed by atoms with Gasteiger partial charge in [0.1, 0.15) is 6.61 Å². The second kappa shape index (κ2) is 6.06. The summed E-state index contributed by atoms with van der Waals surface area (Å²) < 4.78 is 5.18. The van der Waals surface area contributed by atoms with E-state index < -0.39 is 5.60 Å². The van der Waals surface area contributed by atoms with Crippen molar-refractivity contribution in [1.82, 2.24) is 0 Å². The molecule has 1 heterocycles. The minimum atomic E-state index is -0.780. The first-order chi connectivity index (χ1) is 13.3. The minimum absolute atomic E-state index is 0.140. The summed E-state index contributed by atoms with van der Waals surface area (Å²) in [6.07, 6.45) is 8.93. The largest absolute Gasteiger partial charge is 0.458 e. The van der Waals surface area contributed by atoms with E-state index in [0.29, 0.717) is 13.0 Å². The number of carbonyl (C=O) groups is 1. The third kappa shape index (κ3) is 2.22. The van der Waals surface area contributed by atoms with Crippen molar-refractivity contribution in [1.29, 1.82) is 5.26 Å². The van der Waals surface area contributed by atoms with E-state index in [4.69, 9.17) is 4.74 Å². The molecule has 0 aromatic heterocycles. The maximum atomic E-state index is 12.1. The topological polar surface area (TPSA) is 90.5 Å². The van der Waals surface area contributed by atoms with Crippen LogP contribution in [0.1, 0.15) is 64.7 Å². The molecule has 5 heteroatoms. The SMILES string of the molecule is C[C@]12CC[C@H]3[C@@H](CC[C@@H]4C[C@@H](O)CC[C@@]43C#N)[C@@]1(O)CC[C@@H]2C1=CC(=O)OC1. The Labute approximate surface area is 166 Å². The predicted octanol–water partition coefficient (Wildman–Crippen LogP) is 3.11. The summed E-state index contributed by atoms with van der Waals surface area (Å²) in [4.78, 5) is 11.6. The van der Waals surface area contributed by atoms with Gasteiger partial charge in [0.25, 0.3) is 0 Å². The molecule has 0 bridgehead atoms. The van der Waals surface area contributed by atoms with Crippen molar-refractivity contribution in [2.45, 2.75) is 76.4 Å². The van der Waals surface area contributed by atoms with Gasteiger partial charge < -0.3 is 14.9 Å². The molecule has 4 fully saturated rings. The third-order valence-corrected chi connectivity index (χ3v) is 9.65. The molecule has 0 saturated heterocycles. The molecule has 4 aliphatic carbocycles. The molecular weight excluding hydrogens is 354 g/mol. The van der Waals surface area contributed by atoms with E-state index in [0.717, 1.165) is 56.9 Å². The molecule has 5 aliphatic rings. The zero-order chi connectivity index (χ0) is 19.7. The van der Waals surface area contributed by atoms with E-state index in [1.165, 1.54) is 0 Å². The molecule has 0 unspecified atom stereocenters. The summed E-state index contributed by atoms with van der Waals surface area (Å²) in [6, 6.07) is 2.72. The van der Waals surface area contributed by atoms with Crippen LogP contribution in [0.3, 0.4) is 0 Å². The van der Waals surface area contributed by atoms with Crippen LogP contribution >= 0.6 is 0 Å². The lowest BCUT2D eigenvalue weighted by Crippen LogP contribution is -2.62. The molecule has 2 N–H and O–H groups in total. The van der Waals surface area contributed by atoms with Crippen LogP contribution in [0.25, 0.3) is 0 Å². The lowest BCUT2D eigenvalue weighted by molar-refractivity contribution is -0.200. The fraction of sp³-hybridized carbons (Fsp3) is 0.826. The first kappa shape index (κ1) is 18.6. The molecular formula is C23H31NO4. The Hall–Kier alpha value is -1.38. The molecule has 0 amide bonds. The number of ether oxygens (including phenoxy) is 1. The molecule has 152 valence electrons. The Morgan fingerprint density at radius 1 is 1.14 bits per heavy atom. The first-order valence-electron chi connectivity index (χ1n) is 11.0. The number of hydrogen-bond acceptors (Lipinski definition) is 5. The lowest BCUT2D eigenvalue weighted by Gasteiger charge is -2.62. The second-order valence-corrected chi connectivity index (χ2v) is 10.4. The smallest absolute Gasteiger partial charge is 0.331 e. The lowest BCUT2D eigenvalue weighted by atomic mass is 9.43. The highest BCUT2D eigenvalue weighted by Gasteiger charge is 2.68. The normalized spacial score (nSPS) is 52.7. The number of hydrogen-bond donors (Lipinski definition) is 2. The fourth-order valence-corrected chi connectivity index (χ4v) is 8.24. The molecule has 28 heavy (non-hydrogen) atoms. The van der Waals surface area contributed by atoms with Gasteiger partial charge in [0.15, 0.2) is 0 Å². The summed E-state index contributed by atoms with van der Waals surface area (Å²) in [5.41, 5.74) is -0.376. The van der Waals surface area contributed by atoms with Gasteiger partial charge in [0, 0.05) is 11.5 Å². The third-order valence-electron chi connectivity index (χ3n) is 9.65. The zero-order valence-electron chi connectivity index (χ0n) is 16.7. The summed E-state index contributed by atoms with van der Waals surface area (Å²) >= 11 is 0. The van der Waals surface area contributed by atoms with E-state index in [-0.39, 0.29) is 46.6 Å². The van der Waals surface area contributed by atoms with Crippen LogP contribution in [0.5, 0.6) is 0 Å². The molecule has 0 radical (unpaired) electrons. The summed E-state index contributed by atoms with van der Waals surface area (Å²) in [7, 11) is 0. The fourth-order valence-electron chi connectivity index (χ4n) is 8.24. The Morgan fingerprint density at radius 2 is 1.96 bits per heavy atom. The van der Waals surface area contributed by atoms with Gasteiger partial charge in [-0.25, -0.2) is 4.79 Å². The second-order valence-electron chi connectivity index (χ2n) is 10.4. The Bertz CT molecular complexity index is 771. The molecule has 4 saturated carbocycles.